The fourth-order valence-corrected chi connectivity index (χ4v) is 3.40. The molecule has 1 heterocycles. The summed E-state index contributed by atoms with van der Waals surface area (Å²) in [6.07, 6.45) is 0.627. The maximum Gasteiger partial charge on any atom is 0.323 e. The normalized spacial score (nSPS) is 18.1. The number of fused-ring (bicyclic) bond motifs is 1. The van der Waals surface area contributed by atoms with Gasteiger partial charge in [-0.25, -0.2) is 8.42 Å². The third-order valence-corrected chi connectivity index (χ3v) is 5.38. The van der Waals surface area contributed by atoms with E-state index >= 15 is 0 Å². The number of hydrogen-bond acceptors (Lipinski definition) is 3. The Morgan fingerprint density at radius 2 is 1.94 bits per heavy atom. The van der Waals surface area contributed by atoms with E-state index in [1.165, 1.54) is 11.2 Å². The topological polar surface area (TPSA) is 74.7 Å². The van der Waals surface area contributed by atoms with E-state index in [-0.39, 0.29) is 6.54 Å². The fraction of sp³-hybridized carbons (Fsp3) is 0.417. The highest BCUT2D eigenvalue weighted by atomic mass is 32.2. The molecule has 1 aliphatic heterocycles. The van der Waals surface area contributed by atoms with Gasteiger partial charge in [-0.3, -0.25) is 4.79 Å². The fourth-order valence-electron chi connectivity index (χ4n) is 2.04. The van der Waals surface area contributed by atoms with Gasteiger partial charge in [-0.05, 0) is 24.5 Å². The van der Waals surface area contributed by atoms with E-state index in [0.29, 0.717) is 13.0 Å². The third-order valence-electron chi connectivity index (χ3n) is 3.25. The average molecular weight is 269 g/mol. The van der Waals surface area contributed by atoms with Gasteiger partial charge < -0.3 is 5.11 Å². The summed E-state index contributed by atoms with van der Waals surface area (Å²) in [6.45, 7) is 1.81. The molecule has 0 aliphatic carbocycles. The minimum absolute atomic E-state index is 0.260. The molecule has 1 aromatic carbocycles. The number of hydrogen-bond donors (Lipinski definition) is 1. The lowest BCUT2D eigenvalue weighted by Gasteiger charge is -2.29. The van der Waals surface area contributed by atoms with Crippen LogP contribution in [0.5, 0.6) is 0 Å². The zero-order chi connectivity index (χ0) is 13.3. The Hall–Kier alpha value is -1.40. The number of carboxylic acid groups (broad SMARTS) is 1. The average Bonchev–Trinajstić information content (AvgIpc) is 2.37. The minimum Gasteiger partial charge on any atom is -0.480 e. The highest BCUT2D eigenvalue weighted by Crippen LogP contribution is 2.22. The summed E-state index contributed by atoms with van der Waals surface area (Å²) in [5.41, 5.74) is 2.08. The van der Waals surface area contributed by atoms with E-state index < -0.39 is 21.2 Å². The first kappa shape index (κ1) is 13.0. The molecule has 98 valence electrons. The Morgan fingerprint density at radius 1 is 1.33 bits per heavy atom. The van der Waals surface area contributed by atoms with Crippen LogP contribution in [0.15, 0.2) is 24.3 Å². The van der Waals surface area contributed by atoms with E-state index in [1.807, 2.05) is 24.3 Å². The number of carboxylic acids is 1. The van der Waals surface area contributed by atoms with Gasteiger partial charge in [0.15, 0.2) is 5.25 Å². The molecule has 18 heavy (non-hydrogen) atoms. The number of sulfonamides is 1. The van der Waals surface area contributed by atoms with Gasteiger partial charge in [0.25, 0.3) is 0 Å². The molecule has 1 aliphatic rings. The predicted molar refractivity (Wildman–Crippen MR) is 66.6 cm³/mol. The summed E-state index contributed by atoms with van der Waals surface area (Å²) in [6, 6.07) is 7.63. The van der Waals surface area contributed by atoms with Gasteiger partial charge in [0.1, 0.15) is 0 Å². The van der Waals surface area contributed by atoms with Crippen LogP contribution in [-0.4, -0.2) is 35.6 Å². The summed E-state index contributed by atoms with van der Waals surface area (Å²) < 4.78 is 25.4. The molecular weight excluding hydrogens is 254 g/mol. The van der Waals surface area contributed by atoms with Crippen LogP contribution in [0, 0.1) is 0 Å². The molecule has 2 rings (SSSR count). The Kier molecular flexibility index (Phi) is 3.41. The van der Waals surface area contributed by atoms with Crippen LogP contribution >= 0.6 is 0 Å². The van der Waals surface area contributed by atoms with Crippen molar-refractivity contribution in [3.05, 3.63) is 35.4 Å². The second-order valence-corrected chi connectivity index (χ2v) is 6.63. The first-order chi connectivity index (χ1) is 8.43. The summed E-state index contributed by atoms with van der Waals surface area (Å²) in [7, 11) is -3.77. The molecule has 5 nitrogen and oxygen atoms in total. The second kappa shape index (κ2) is 4.70. The third kappa shape index (κ3) is 2.26. The summed E-state index contributed by atoms with van der Waals surface area (Å²) in [5, 5.41) is 7.44. The highest BCUT2D eigenvalue weighted by Gasteiger charge is 2.35. The van der Waals surface area contributed by atoms with E-state index in [4.69, 9.17) is 5.11 Å². The molecule has 0 saturated heterocycles. The molecule has 1 aromatic rings. The van der Waals surface area contributed by atoms with Crippen LogP contribution in [-0.2, 0) is 27.8 Å². The van der Waals surface area contributed by atoms with Crippen molar-refractivity contribution in [2.45, 2.75) is 25.1 Å². The van der Waals surface area contributed by atoms with Crippen molar-refractivity contribution in [3.63, 3.8) is 0 Å². The summed E-state index contributed by atoms with van der Waals surface area (Å²) in [5.74, 6) is -1.31. The Morgan fingerprint density at radius 3 is 2.56 bits per heavy atom. The highest BCUT2D eigenvalue weighted by molar-refractivity contribution is 7.90. The molecule has 0 saturated carbocycles. The molecule has 0 bridgehead atoms. The zero-order valence-electron chi connectivity index (χ0n) is 10.0. The quantitative estimate of drug-likeness (QED) is 0.882. The standard InChI is InChI=1S/C12H15NO4S/c1-9(12(14)15)18(16,17)13-7-6-10-4-2-3-5-11(10)8-13/h2-5,9H,6-8H2,1H3,(H,14,15). The largest absolute Gasteiger partial charge is 0.480 e. The van der Waals surface area contributed by atoms with Gasteiger partial charge in [0, 0.05) is 13.1 Å². The van der Waals surface area contributed by atoms with Crippen molar-refractivity contribution < 1.29 is 18.3 Å². The molecule has 0 amide bonds. The molecule has 0 aromatic heterocycles. The maximum absolute atomic E-state index is 12.1. The zero-order valence-corrected chi connectivity index (χ0v) is 10.9. The van der Waals surface area contributed by atoms with Crippen LogP contribution in [0.25, 0.3) is 0 Å². The number of nitrogens with zero attached hydrogens (tertiary/aromatic N) is 1. The van der Waals surface area contributed by atoms with Gasteiger partial charge in [-0.1, -0.05) is 24.3 Å². The van der Waals surface area contributed by atoms with Crippen molar-refractivity contribution in [2.24, 2.45) is 0 Å². The SMILES string of the molecule is CC(C(=O)O)S(=O)(=O)N1CCc2ccccc2C1. The van der Waals surface area contributed by atoms with E-state index in [9.17, 15) is 13.2 Å². The van der Waals surface area contributed by atoms with E-state index in [2.05, 4.69) is 0 Å². The van der Waals surface area contributed by atoms with E-state index in [0.717, 1.165) is 11.1 Å². The van der Waals surface area contributed by atoms with Crippen LogP contribution in [0.3, 0.4) is 0 Å². The molecule has 1 unspecified atom stereocenters. The lowest BCUT2D eigenvalue weighted by molar-refractivity contribution is -0.136. The van der Waals surface area contributed by atoms with Crippen LogP contribution < -0.4 is 0 Å². The van der Waals surface area contributed by atoms with Gasteiger partial charge in [0.2, 0.25) is 10.0 Å². The summed E-state index contributed by atoms with van der Waals surface area (Å²) in [4.78, 5) is 10.8. The molecule has 1 N–H and O–H groups in total. The smallest absolute Gasteiger partial charge is 0.323 e. The van der Waals surface area contributed by atoms with Gasteiger partial charge >= 0.3 is 5.97 Å². The maximum atomic E-state index is 12.1. The number of aliphatic carboxylic acids is 1. The van der Waals surface area contributed by atoms with Crippen LogP contribution in [0.2, 0.25) is 0 Å². The van der Waals surface area contributed by atoms with Gasteiger partial charge in [-0.2, -0.15) is 4.31 Å². The van der Waals surface area contributed by atoms with Crippen molar-refractivity contribution in [3.8, 4) is 0 Å². The lowest BCUT2D eigenvalue weighted by atomic mass is 10.0. The Labute approximate surface area is 106 Å². The molecule has 0 fully saturated rings. The van der Waals surface area contributed by atoms with Crippen molar-refractivity contribution in [2.75, 3.05) is 6.54 Å². The van der Waals surface area contributed by atoms with Crippen molar-refractivity contribution in [1.82, 2.24) is 4.31 Å². The molecule has 0 spiro atoms. The number of benzene rings is 1. The molecule has 1 atom stereocenters. The Balaban J connectivity index is 2.26. The minimum atomic E-state index is -3.77. The van der Waals surface area contributed by atoms with E-state index in [1.54, 1.807) is 0 Å². The van der Waals surface area contributed by atoms with Crippen LogP contribution in [0.1, 0.15) is 18.1 Å². The van der Waals surface area contributed by atoms with Gasteiger partial charge in [0.05, 0.1) is 0 Å². The Bertz CT molecular complexity index is 567. The summed E-state index contributed by atoms with van der Waals surface area (Å²) >= 11 is 0. The first-order valence-corrected chi connectivity index (χ1v) is 7.22. The molecular formula is C12H15NO4S. The van der Waals surface area contributed by atoms with Crippen molar-refractivity contribution >= 4 is 16.0 Å². The monoisotopic (exact) mass is 269 g/mol. The van der Waals surface area contributed by atoms with Gasteiger partial charge in [-0.15, -0.1) is 0 Å². The lowest BCUT2D eigenvalue weighted by Crippen LogP contribution is -2.43. The number of carbonyl (C=O) groups is 1. The van der Waals surface area contributed by atoms with Crippen molar-refractivity contribution in [1.29, 1.82) is 0 Å². The first-order valence-electron chi connectivity index (χ1n) is 5.71. The second-order valence-electron chi connectivity index (χ2n) is 4.38. The predicted octanol–water partition coefficient (Wildman–Crippen LogP) is 0.848. The molecule has 0 radical (unpaired) electrons. The number of rotatable bonds is 3. The molecule has 6 heteroatoms. The van der Waals surface area contributed by atoms with Crippen LogP contribution in [0.4, 0.5) is 0 Å².